The molecule has 204 valence electrons. The number of benzene rings is 2. The molecule has 0 bridgehead atoms. The Kier molecular flexibility index (Phi) is 12.9. The highest BCUT2D eigenvalue weighted by atomic mass is 19.1. The third kappa shape index (κ3) is 10.7. The molecule has 11 heteroatoms. The SMILES string of the molecule is C=CC(=O)OCCOc1c(F)cc(-c2ccc(OCCOC(=O)CCOC/C(N)=C/C=C\N)cc2)cc1F. The van der Waals surface area contributed by atoms with E-state index < -0.39 is 29.3 Å². The number of nitrogens with two attached hydrogens (primary N) is 2. The lowest BCUT2D eigenvalue weighted by Gasteiger charge is -2.11. The van der Waals surface area contributed by atoms with Crippen molar-refractivity contribution in [3.8, 4) is 22.6 Å². The molecule has 0 spiro atoms. The highest BCUT2D eigenvalue weighted by Crippen LogP contribution is 2.30. The molecule has 0 aliphatic heterocycles. The largest absolute Gasteiger partial charge is 0.490 e. The number of esters is 2. The van der Waals surface area contributed by atoms with Crippen molar-refractivity contribution in [3.05, 3.63) is 84.7 Å². The summed E-state index contributed by atoms with van der Waals surface area (Å²) < 4.78 is 54.4. The molecule has 0 fully saturated rings. The molecular weight excluding hydrogens is 502 g/mol. The van der Waals surface area contributed by atoms with Crippen LogP contribution in [0.5, 0.6) is 11.5 Å². The quantitative estimate of drug-likeness (QED) is 0.144. The summed E-state index contributed by atoms with van der Waals surface area (Å²) >= 11 is 0. The van der Waals surface area contributed by atoms with E-state index in [0.717, 1.165) is 18.2 Å². The van der Waals surface area contributed by atoms with Gasteiger partial charge in [-0.25, -0.2) is 13.6 Å². The summed E-state index contributed by atoms with van der Waals surface area (Å²) in [4.78, 5) is 22.7. The van der Waals surface area contributed by atoms with Gasteiger partial charge in [0.1, 0.15) is 32.2 Å². The zero-order valence-corrected chi connectivity index (χ0v) is 20.7. The van der Waals surface area contributed by atoms with Gasteiger partial charge < -0.3 is 35.2 Å². The van der Waals surface area contributed by atoms with Crippen molar-refractivity contribution in [2.45, 2.75) is 6.42 Å². The van der Waals surface area contributed by atoms with Gasteiger partial charge in [0, 0.05) is 11.8 Å². The Hall–Kier alpha value is -4.38. The Morgan fingerprint density at radius 2 is 1.55 bits per heavy atom. The topological polar surface area (TPSA) is 132 Å². The van der Waals surface area contributed by atoms with Crippen LogP contribution in [-0.4, -0.2) is 51.6 Å². The molecule has 0 unspecified atom stereocenters. The number of rotatable bonds is 16. The second-order valence-electron chi connectivity index (χ2n) is 7.51. The zero-order chi connectivity index (χ0) is 27.8. The van der Waals surface area contributed by atoms with E-state index in [-0.39, 0.29) is 46.1 Å². The van der Waals surface area contributed by atoms with Crippen LogP contribution in [0.3, 0.4) is 0 Å². The van der Waals surface area contributed by atoms with E-state index >= 15 is 0 Å². The summed E-state index contributed by atoms with van der Waals surface area (Å²) in [6.45, 7) is 3.32. The number of hydrogen-bond acceptors (Lipinski definition) is 9. The van der Waals surface area contributed by atoms with Crippen LogP contribution < -0.4 is 20.9 Å². The van der Waals surface area contributed by atoms with Crippen LogP contribution in [-0.2, 0) is 23.8 Å². The van der Waals surface area contributed by atoms with Crippen LogP contribution in [0.15, 0.2) is 73.1 Å². The summed E-state index contributed by atoms with van der Waals surface area (Å²) in [5, 5.41) is 0. The average Bonchev–Trinajstić information content (AvgIpc) is 2.91. The van der Waals surface area contributed by atoms with E-state index in [9.17, 15) is 18.4 Å². The van der Waals surface area contributed by atoms with Gasteiger partial charge in [-0.3, -0.25) is 4.79 Å². The molecule has 0 saturated carbocycles. The number of allylic oxidation sites excluding steroid dienone is 2. The van der Waals surface area contributed by atoms with Crippen molar-refractivity contribution in [2.75, 3.05) is 39.6 Å². The molecule has 0 aliphatic rings. The molecular formula is C27H30F2N2O7. The fourth-order valence-corrected chi connectivity index (χ4v) is 2.91. The van der Waals surface area contributed by atoms with Crippen molar-refractivity contribution in [2.24, 2.45) is 11.5 Å². The minimum absolute atomic E-state index is 0.0363. The van der Waals surface area contributed by atoms with Crippen LogP contribution >= 0.6 is 0 Å². The minimum atomic E-state index is -0.897. The van der Waals surface area contributed by atoms with E-state index in [0.29, 0.717) is 22.6 Å². The summed E-state index contributed by atoms with van der Waals surface area (Å²) in [5.74, 6) is -2.98. The van der Waals surface area contributed by atoms with Gasteiger partial charge in [-0.15, -0.1) is 0 Å². The Bertz CT molecular complexity index is 1110. The summed E-state index contributed by atoms with van der Waals surface area (Å²) in [5.41, 5.74) is 12.2. The van der Waals surface area contributed by atoms with Crippen LogP contribution in [0, 0.1) is 11.6 Å². The Labute approximate surface area is 219 Å². The normalized spacial score (nSPS) is 11.3. The second kappa shape index (κ2) is 16.4. The van der Waals surface area contributed by atoms with Gasteiger partial charge in [-0.1, -0.05) is 18.7 Å². The first-order valence-corrected chi connectivity index (χ1v) is 11.5. The van der Waals surface area contributed by atoms with Gasteiger partial charge in [-0.05, 0) is 53.7 Å². The van der Waals surface area contributed by atoms with Crippen LogP contribution in [0.4, 0.5) is 8.78 Å². The van der Waals surface area contributed by atoms with E-state index in [1.54, 1.807) is 36.4 Å². The fraction of sp³-hybridized carbons (Fsp3) is 0.259. The summed E-state index contributed by atoms with van der Waals surface area (Å²) in [7, 11) is 0. The smallest absolute Gasteiger partial charge is 0.330 e. The average molecular weight is 533 g/mol. The zero-order valence-electron chi connectivity index (χ0n) is 20.7. The van der Waals surface area contributed by atoms with Gasteiger partial charge in [0.2, 0.25) is 0 Å². The molecule has 2 rings (SSSR count). The first-order valence-electron chi connectivity index (χ1n) is 11.5. The van der Waals surface area contributed by atoms with E-state index in [1.165, 1.54) is 6.20 Å². The van der Waals surface area contributed by atoms with Gasteiger partial charge in [0.25, 0.3) is 0 Å². The molecule has 4 N–H and O–H groups in total. The van der Waals surface area contributed by atoms with Gasteiger partial charge >= 0.3 is 11.9 Å². The highest BCUT2D eigenvalue weighted by Gasteiger charge is 2.14. The lowest BCUT2D eigenvalue weighted by molar-refractivity contribution is -0.145. The maximum absolute atomic E-state index is 14.4. The molecule has 38 heavy (non-hydrogen) atoms. The number of halogens is 2. The number of carbonyl (C=O) groups excluding carboxylic acids is 2. The van der Waals surface area contributed by atoms with Gasteiger partial charge in [0.15, 0.2) is 17.4 Å². The molecule has 0 radical (unpaired) electrons. The fourth-order valence-electron chi connectivity index (χ4n) is 2.91. The van der Waals surface area contributed by atoms with Crippen molar-refractivity contribution < 1.29 is 42.1 Å². The van der Waals surface area contributed by atoms with Gasteiger partial charge in [-0.2, -0.15) is 0 Å². The lowest BCUT2D eigenvalue weighted by Crippen LogP contribution is -2.15. The third-order valence-electron chi connectivity index (χ3n) is 4.68. The molecule has 2 aromatic carbocycles. The molecule has 0 heterocycles. The van der Waals surface area contributed by atoms with Crippen molar-refractivity contribution in [3.63, 3.8) is 0 Å². The Morgan fingerprint density at radius 3 is 2.21 bits per heavy atom. The Balaban J connectivity index is 1.74. The van der Waals surface area contributed by atoms with Crippen LogP contribution in [0.25, 0.3) is 11.1 Å². The van der Waals surface area contributed by atoms with E-state index in [1.807, 2.05) is 0 Å². The second-order valence-corrected chi connectivity index (χ2v) is 7.51. The third-order valence-corrected chi connectivity index (χ3v) is 4.68. The lowest BCUT2D eigenvalue weighted by atomic mass is 10.0. The van der Waals surface area contributed by atoms with Crippen LogP contribution in [0.1, 0.15) is 6.42 Å². The molecule has 0 saturated heterocycles. The van der Waals surface area contributed by atoms with Gasteiger partial charge in [0.05, 0.1) is 19.6 Å². The first kappa shape index (κ1) is 29.8. The van der Waals surface area contributed by atoms with Crippen molar-refractivity contribution in [1.82, 2.24) is 0 Å². The number of carbonyl (C=O) groups is 2. The monoisotopic (exact) mass is 532 g/mol. The predicted molar refractivity (Wildman–Crippen MR) is 136 cm³/mol. The van der Waals surface area contributed by atoms with E-state index in [2.05, 4.69) is 6.58 Å². The first-order chi connectivity index (χ1) is 18.3. The Morgan fingerprint density at radius 1 is 0.895 bits per heavy atom. The molecule has 0 aromatic heterocycles. The van der Waals surface area contributed by atoms with Crippen molar-refractivity contribution in [1.29, 1.82) is 0 Å². The maximum Gasteiger partial charge on any atom is 0.330 e. The molecule has 2 aromatic rings. The number of ether oxygens (including phenoxy) is 5. The maximum atomic E-state index is 14.4. The molecule has 0 atom stereocenters. The number of hydrogen-bond donors (Lipinski definition) is 2. The summed E-state index contributed by atoms with van der Waals surface area (Å²) in [6.07, 6.45) is 5.55. The minimum Gasteiger partial charge on any atom is -0.490 e. The summed E-state index contributed by atoms with van der Waals surface area (Å²) in [6, 6.07) is 8.77. The van der Waals surface area contributed by atoms with Crippen LogP contribution in [0.2, 0.25) is 0 Å². The molecule has 0 aliphatic carbocycles. The predicted octanol–water partition coefficient (Wildman–Crippen LogP) is 3.38. The highest BCUT2D eigenvalue weighted by molar-refractivity contribution is 5.81. The molecule has 9 nitrogen and oxygen atoms in total. The van der Waals surface area contributed by atoms with Crippen molar-refractivity contribution >= 4 is 11.9 Å². The van der Waals surface area contributed by atoms with E-state index in [4.69, 9.17) is 35.2 Å². The molecule has 0 amide bonds. The standard InChI is InChI=1S/C27H30F2N2O7/c1-2-25(32)36-14-15-38-27-23(28)16-20(17-24(27)29)19-5-7-22(8-6-19)35-12-13-37-26(33)9-11-34-18-21(31)4-3-10-30/h2-8,10,16-17H,1,9,11-15,18,30-31H2/b10-3-,21-4-.